The summed E-state index contributed by atoms with van der Waals surface area (Å²) in [7, 11) is 0. The Kier molecular flexibility index (Phi) is 7.08. The molecule has 5 atom stereocenters. The minimum Gasteiger partial charge on any atom is -0.463 e. The van der Waals surface area contributed by atoms with Gasteiger partial charge in [-0.15, -0.1) is 0 Å². The molecule has 0 aromatic rings. The summed E-state index contributed by atoms with van der Waals surface area (Å²) < 4.78 is 39.0. The van der Waals surface area contributed by atoms with E-state index < -0.39 is 61.3 Å². The van der Waals surface area contributed by atoms with Gasteiger partial charge in [0.2, 0.25) is 12.5 Å². The van der Waals surface area contributed by atoms with Gasteiger partial charge in [-0.2, -0.15) is 0 Å². The topological polar surface area (TPSA) is 114 Å². The molecule has 10 heteroatoms. The number of esters is 4. The Hall–Kier alpha value is -2.23. The zero-order valence-electron chi connectivity index (χ0n) is 13.6. The maximum atomic E-state index is 14.5. The molecular formula is C14H19FO9. The largest absolute Gasteiger partial charge is 0.463 e. The van der Waals surface area contributed by atoms with Crippen molar-refractivity contribution in [1.82, 2.24) is 0 Å². The van der Waals surface area contributed by atoms with E-state index in [4.69, 9.17) is 23.7 Å². The second kappa shape index (κ2) is 8.57. The smallest absolute Gasteiger partial charge is 0.305 e. The molecule has 0 radical (unpaired) electrons. The van der Waals surface area contributed by atoms with Crippen LogP contribution in [0.4, 0.5) is 4.39 Å². The van der Waals surface area contributed by atoms with Crippen molar-refractivity contribution >= 4 is 23.9 Å². The van der Waals surface area contributed by atoms with Crippen molar-refractivity contribution in [3.8, 4) is 0 Å². The van der Waals surface area contributed by atoms with Gasteiger partial charge in [0.15, 0.2) is 12.2 Å². The van der Waals surface area contributed by atoms with Crippen LogP contribution in [0.15, 0.2) is 0 Å². The minimum absolute atomic E-state index is 0.421. The molecule has 0 aromatic heterocycles. The molecule has 1 heterocycles. The predicted octanol–water partition coefficient (Wildman–Crippen LogP) is 0.0390. The summed E-state index contributed by atoms with van der Waals surface area (Å²) in [5, 5.41) is 0. The van der Waals surface area contributed by atoms with Crippen LogP contribution in [-0.4, -0.2) is 61.3 Å². The van der Waals surface area contributed by atoms with Crippen molar-refractivity contribution in [2.75, 3.05) is 6.61 Å². The third-order valence-electron chi connectivity index (χ3n) is 2.91. The van der Waals surface area contributed by atoms with E-state index in [-0.39, 0.29) is 0 Å². The van der Waals surface area contributed by atoms with E-state index in [1.807, 2.05) is 0 Å². The highest BCUT2D eigenvalue weighted by molar-refractivity contribution is 5.68. The zero-order chi connectivity index (χ0) is 18.4. The summed E-state index contributed by atoms with van der Waals surface area (Å²) in [6.45, 7) is 3.86. The van der Waals surface area contributed by atoms with Gasteiger partial charge in [0.1, 0.15) is 12.7 Å². The fourth-order valence-corrected chi connectivity index (χ4v) is 2.12. The maximum absolute atomic E-state index is 14.5. The average molecular weight is 350 g/mol. The van der Waals surface area contributed by atoms with Crippen LogP contribution in [0.25, 0.3) is 0 Å². The van der Waals surface area contributed by atoms with Crippen LogP contribution in [0.2, 0.25) is 0 Å². The van der Waals surface area contributed by atoms with Gasteiger partial charge in [-0.05, 0) is 0 Å². The van der Waals surface area contributed by atoms with Crippen molar-refractivity contribution in [3.05, 3.63) is 0 Å². The first-order valence-corrected chi connectivity index (χ1v) is 7.06. The molecule has 1 aliphatic rings. The molecule has 1 aliphatic heterocycles. The quantitative estimate of drug-likeness (QED) is 0.500. The molecule has 1 fully saturated rings. The lowest BCUT2D eigenvalue weighted by molar-refractivity contribution is -0.284. The van der Waals surface area contributed by atoms with Crippen LogP contribution in [0.1, 0.15) is 27.7 Å². The SMILES string of the molecule is CC(=O)OCC1O[C@@H](OC(C)=O)C(F)C(OC(C)=O)[C@@H]1OC(C)=O. The lowest BCUT2D eigenvalue weighted by Crippen LogP contribution is -2.60. The predicted molar refractivity (Wildman–Crippen MR) is 73.1 cm³/mol. The Labute approximate surface area is 137 Å². The highest BCUT2D eigenvalue weighted by Crippen LogP contribution is 2.29. The highest BCUT2D eigenvalue weighted by Gasteiger charge is 2.52. The standard InChI is InChI=1S/C14H19FO9/c1-6(16)20-5-10-12(21-7(2)17)13(22-8(3)18)11(15)14(24-10)23-9(4)19/h10-14H,5H2,1-4H3/t10?,11?,12-,13?,14-/m1/s1. The van der Waals surface area contributed by atoms with Gasteiger partial charge in [-0.1, -0.05) is 0 Å². The Morgan fingerprint density at radius 3 is 1.79 bits per heavy atom. The third kappa shape index (κ3) is 5.76. The number of hydrogen-bond acceptors (Lipinski definition) is 9. The van der Waals surface area contributed by atoms with Gasteiger partial charge in [0.05, 0.1) is 0 Å². The molecule has 3 unspecified atom stereocenters. The second-order valence-corrected chi connectivity index (χ2v) is 5.05. The highest BCUT2D eigenvalue weighted by atomic mass is 19.1. The molecule has 0 aromatic carbocycles. The van der Waals surface area contributed by atoms with Crippen molar-refractivity contribution in [1.29, 1.82) is 0 Å². The van der Waals surface area contributed by atoms with Crippen molar-refractivity contribution in [2.45, 2.75) is 58.5 Å². The lowest BCUT2D eigenvalue weighted by atomic mass is 9.99. The molecule has 9 nitrogen and oxygen atoms in total. The number of rotatable bonds is 5. The summed E-state index contributed by atoms with van der Waals surface area (Å²) in [6, 6.07) is 0. The first kappa shape index (κ1) is 19.8. The van der Waals surface area contributed by atoms with Gasteiger partial charge in [0.25, 0.3) is 0 Å². The van der Waals surface area contributed by atoms with Crippen LogP contribution in [-0.2, 0) is 42.9 Å². The Morgan fingerprint density at radius 1 is 0.833 bits per heavy atom. The number of carbonyl (C=O) groups excluding carboxylic acids is 4. The van der Waals surface area contributed by atoms with Crippen LogP contribution in [0.5, 0.6) is 0 Å². The normalized spacial score (nSPS) is 29.3. The van der Waals surface area contributed by atoms with Crippen molar-refractivity contribution in [2.24, 2.45) is 0 Å². The number of alkyl halides is 1. The van der Waals surface area contributed by atoms with Crippen LogP contribution in [0.3, 0.4) is 0 Å². The average Bonchev–Trinajstić information content (AvgIpc) is 2.42. The molecule has 0 amide bonds. The lowest BCUT2D eigenvalue weighted by Gasteiger charge is -2.41. The first-order chi connectivity index (χ1) is 11.1. The molecular weight excluding hydrogens is 331 g/mol. The summed E-state index contributed by atoms with van der Waals surface area (Å²) in [5.41, 5.74) is 0. The number of hydrogen-bond donors (Lipinski definition) is 0. The second-order valence-electron chi connectivity index (χ2n) is 5.05. The van der Waals surface area contributed by atoms with Crippen LogP contribution in [0, 0.1) is 0 Å². The summed E-state index contributed by atoms with van der Waals surface area (Å²) in [6.07, 6.45) is -7.98. The van der Waals surface area contributed by atoms with Crippen molar-refractivity contribution < 1.29 is 47.3 Å². The monoisotopic (exact) mass is 350 g/mol. The van der Waals surface area contributed by atoms with Crippen molar-refractivity contribution in [3.63, 3.8) is 0 Å². The summed E-state index contributed by atoms with van der Waals surface area (Å²) in [4.78, 5) is 44.5. The van der Waals surface area contributed by atoms with E-state index in [0.717, 1.165) is 27.7 Å². The van der Waals surface area contributed by atoms with Gasteiger partial charge in [0, 0.05) is 27.7 Å². The van der Waals surface area contributed by atoms with E-state index in [1.54, 1.807) is 0 Å². The van der Waals surface area contributed by atoms with Crippen LogP contribution >= 0.6 is 0 Å². The molecule has 0 N–H and O–H groups in total. The summed E-state index contributed by atoms with van der Waals surface area (Å²) >= 11 is 0. The van der Waals surface area contributed by atoms with E-state index in [2.05, 4.69) is 0 Å². The van der Waals surface area contributed by atoms with Gasteiger partial charge < -0.3 is 23.7 Å². The molecule has 0 saturated carbocycles. The van der Waals surface area contributed by atoms with Gasteiger partial charge >= 0.3 is 23.9 Å². The molecule has 1 saturated heterocycles. The molecule has 1 rings (SSSR count). The number of carbonyl (C=O) groups is 4. The molecule has 136 valence electrons. The number of ether oxygens (including phenoxy) is 5. The number of halogens is 1. The van der Waals surface area contributed by atoms with Gasteiger partial charge in [-0.3, -0.25) is 19.2 Å². The fourth-order valence-electron chi connectivity index (χ4n) is 2.12. The molecule has 0 bridgehead atoms. The first-order valence-electron chi connectivity index (χ1n) is 7.06. The van der Waals surface area contributed by atoms with E-state index in [1.165, 1.54) is 0 Å². The minimum atomic E-state index is -2.10. The zero-order valence-corrected chi connectivity index (χ0v) is 13.6. The van der Waals surface area contributed by atoms with Crippen LogP contribution < -0.4 is 0 Å². The Bertz CT molecular complexity index is 490. The Balaban J connectivity index is 3.08. The molecule has 0 aliphatic carbocycles. The third-order valence-corrected chi connectivity index (χ3v) is 2.91. The Morgan fingerprint density at radius 2 is 1.33 bits per heavy atom. The summed E-state index contributed by atoms with van der Waals surface area (Å²) in [5.74, 6) is -3.11. The van der Waals surface area contributed by atoms with Gasteiger partial charge in [-0.25, -0.2) is 4.39 Å². The molecule has 0 spiro atoms. The maximum Gasteiger partial charge on any atom is 0.305 e. The van der Waals surface area contributed by atoms with E-state index >= 15 is 0 Å². The molecule has 24 heavy (non-hydrogen) atoms. The fraction of sp³-hybridized carbons (Fsp3) is 0.714. The van der Waals surface area contributed by atoms with E-state index in [0.29, 0.717) is 0 Å². The van der Waals surface area contributed by atoms with E-state index in [9.17, 15) is 23.6 Å².